The van der Waals surface area contributed by atoms with E-state index in [1.54, 1.807) is 0 Å². The third-order valence-electron chi connectivity index (χ3n) is 6.51. The molecule has 0 saturated heterocycles. The second-order valence-electron chi connectivity index (χ2n) is 8.46. The minimum absolute atomic E-state index is 0.320. The van der Waals surface area contributed by atoms with Crippen LogP contribution in [0, 0.1) is 17.8 Å². The molecule has 5 N–H and O–H groups in total. The molecule has 1 aliphatic heterocycles. The highest BCUT2D eigenvalue weighted by molar-refractivity contribution is 5.98. The van der Waals surface area contributed by atoms with Gasteiger partial charge in [-0.1, -0.05) is 19.1 Å². The number of fused-ring (bicyclic) bond motifs is 1. The fraction of sp³-hybridized carbons (Fsp3) is 0.524. The molecule has 0 bridgehead atoms. The van der Waals surface area contributed by atoms with Gasteiger partial charge >= 0.3 is 0 Å². The number of aromatic nitrogens is 1. The van der Waals surface area contributed by atoms with Crippen LogP contribution >= 0.6 is 0 Å². The third-order valence-corrected chi connectivity index (χ3v) is 6.51. The van der Waals surface area contributed by atoms with Crippen LogP contribution in [0.1, 0.15) is 45.1 Å². The molecule has 6 heteroatoms. The van der Waals surface area contributed by atoms with Gasteiger partial charge in [0, 0.05) is 34.6 Å². The van der Waals surface area contributed by atoms with Crippen molar-refractivity contribution in [3.8, 4) is 0 Å². The molecule has 0 spiro atoms. The van der Waals surface area contributed by atoms with Crippen LogP contribution < -0.4 is 16.4 Å². The van der Waals surface area contributed by atoms with E-state index in [-0.39, 0.29) is 0 Å². The summed E-state index contributed by atoms with van der Waals surface area (Å²) in [5.74, 6) is 2.81. The predicted octanol–water partition coefficient (Wildman–Crippen LogP) is 3.03. The third kappa shape index (κ3) is 2.87. The van der Waals surface area contributed by atoms with Crippen LogP contribution in [-0.4, -0.2) is 22.9 Å². The Morgan fingerprint density at radius 2 is 1.93 bits per heavy atom. The second kappa shape index (κ2) is 6.01. The molecule has 0 radical (unpaired) electrons. The van der Waals surface area contributed by atoms with Crippen LogP contribution in [-0.2, 0) is 5.66 Å². The topological polar surface area (TPSA) is 90.6 Å². The van der Waals surface area contributed by atoms with Gasteiger partial charge in [0.2, 0.25) is 11.9 Å². The van der Waals surface area contributed by atoms with Crippen LogP contribution in [0.25, 0.3) is 10.9 Å². The molecule has 2 heterocycles. The zero-order valence-corrected chi connectivity index (χ0v) is 16.0. The lowest BCUT2D eigenvalue weighted by Crippen LogP contribution is -2.58. The van der Waals surface area contributed by atoms with Crippen LogP contribution in [0.15, 0.2) is 40.4 Å². The van der Waals surface area contributed by atoms with Gasteiger partial charge in [-0.3, -0.25) is 0 Å². The van der Waals surface area contributed by atoms with Gasteiger partial charge in [0.15, 0.2) is 5.66 Å². The highest BCUT2D eigenvalue weighted by atomic mass is 15.4. The van der Waals surface area contributed by atoms with E-state index in [1.807, 2.05) is 6.20 Å². The van der Waals surface area contributed by atoms with Crippen LogP contribution in [0.4, 0.5) is 0 Å². The number of nitrogens with one attached hydrogen (secondary N) is 3. The highest BCUT2D eigenvalue weighted by Gasteiger charge is 2.48. The molecule has 6 nitrogen and oxygen atoms in total. The van der Waals surface area contributed by atoms with E-state index in [4.69, 9.17) is 10.7 Å². The van der Waals surface area contributed by atoms with Crippen LogP contribution in [0.2, 0.25) is 0 Å². The lowest BCUT2D eigenvalue weighted by Gasteiger charge is -2.41. The van der Waals surface area contributed by atoms with Crippen molar-refractivity contribution in [3.05, 3.63) is 36.0 Å². The fourth-order valence-corrected chi connectivity index (χ4v) is 4.50. The first-order valence-electron chi connectivity index (χ1n) is 10.1. The molecule has 2 aromatic rings. The first-order valence-corrected chi connectivity index (χ1v) is 10.1. The smallest absolute Gasteiger partial charge is 0.221 e. The first kappa shape index (κ1) is 16.7. The standard InChI is InChI=1S/C21H28N6/c1-12(14-6-7-14)21(17-4-3-5-18-16(17)10-11-23-18)26-19(22)25-20(27-21)24-13(2)15-8-9-15/h3-5,10-15,23H,6-9H2,1-2H3,(H4,22,24,25,26,27)/t12-,13-,21?/m1/s1. The number of nitrogens with two attached hydrogens (primary N) is 1. The van der Waals surface area contributed by atoms with Gasteiger partial charge in [-0.25, -0.2) is 4.99 Å². The molecule has 142 valence electrons. The molecular formula is C21H28N6. The molecule has 2 aliphatic carbocycles. The summed E-state index contributed by atoms with van der Waals surface area (Å²) in [5.41, 5.74) is 7.94. The monoisotopic (exact) mass is 364 g/mol. The SMILES string of the molecule is C[C@H](C1CC1)C1(c2cccc3[nH]ccc23)N=C(N)N=C(N[C@H](C)C2CC2)N1. The highest BCUT2D eigenvalue weighted by Crippen LogP contribution is 2.48. The quantitative estimate of drug-likeness (QED) is 0.657. The summed E-state index contributed by atoms with van der Waals surface area (Å²) >= 11 is 0. The first-order chi connectivity index (χ1) is 13.1. The van der Waals surface area contributed by atoms with E-state index in [9.17, 15) is 0 Å². The molecule has 0 amide bonds. The van der Waals surface area contributed by atoms with E-state index in [0.29, 0.717) is 23.8 Å². The zero-order chi connectivity index (χ0) is 18.6. The minimum Gasteiger partial charge on any atom is -0.368 e. The Kier molecular flexibility index (Phi) is 3.71. The van der Waals surface area contributed by atoms with Gasteiger partial charge in [-0.15, -0.1) is 0 Å². The Balaban J connectivity index is 1.59. The lowest BCUT2D eigenvalue weighted by molar-refractivity contribution is 0.240. The van der Waals surface area contributed by atoms with Crippen molar-refractivity contribution in [2.24, 2.45) is 33.5 Å². The Labute approximate surface area is 159 Å². The summed E-state index contributed by atoms with van der Waals surface area (Å²) in [7, 11) is 0. The molecule has 1 aromatic carbocycles. The van der Waals surface area contributed by atoms with Gasteiger partial charge in [0.1, 0.15) is 0 Å². The number of aliphatic imine (C=N–C) groups is 2. The average molecular weight is 364 g/mol. The number of H-pyrrole nitrogens is 1. The zero-order valence-electron chi connectivity index (χ0n) is 16.0. The summed E-state index contributed by atoms with van der Waals surface area (Å²) in [6.07, 6.45) is 7.07. The van der Waals surface area contributed by atoms with Gasteiger partial charge in [-0.05, 0) is 56.6 Å². The maximum absolute atomic E-state index is 6.26. The average Bonchev–Trinajstić information content (AvgIpc) is 3.56. The van der Waals surface area contributed by atoms with Crippen molar-refractivity contribution in [2.45, 2.75) is 51.2 Å². The molecule has 3 atom stereocenters. The number of hydrogen-bond acceptors (Lipinski definition) is 5. The number of rotatable bonds is 5. The van der Waals surface area contributed by atoms with E-state index in [0.717, 1.165) is 23.0 Å². The van der Waals surface area contributed by atoms with Gasteiger partial charge in [0.05, 0.1) is 0 Å². The van der Waals surface area contributed by atoms with Crippen molar-refractivity contribution in [2.75, 3.05) is 0 Å². The maximum atomic E-state index is 6.26. The molecule has 2 saturated carbocycles. The Morgan fingerprint density at radius 3 is 2.67 bits per heavy atom. The molecule has 2 fully saturated rings. The van der Waals surface area contributed by atoms with Crippen molar-refractivity contribution in [1.82, 2.24) is 15.6 Å². The maximum Gasteiger partial charge on any atom is 0.221 e. The van der Waals surface area contributed by atoms with E-state index in [1.165, 1.54) is 31.1 Å². The summed E-state index contributed by atoms with van der Waals surface area (Å²) in [6.45, 7) is 4.52. The van der Waals surface area contributed by atoms with E-state index < -0.39 is 5.66 Å². The number of hydrogen-bond donors (Lipinski definition) is 4. The summed E-state index contributed by atoms with van der Waals surface area (Å²) in [4.78, 5) is 12.8. The van der Waals surface area contributed by atoms with Crippen LogP contribution in [0.5, 0.6) is 0 Å². The fourth-order valence-electron chi connectivity index (χ4n) is 4.50. The van der Waals surface area contributed by atoms with Crippen molar-refractivity contribution < 1.29 is 0 Å². The molecule has 27 heavy (non-hydrogen) atoms. The lowest BCUT2D eigenvalue weighted by atomic mass is 9.82. The van der Waals surface area contributed by atoms with Crippen molar-refractivity contribution in [1.29, 1.82) is 0 Å². The van der Waals surface area contributed by atoms with Gasteiger partial charge in [0.25, 0.3) is 0 Å². The normalized spacial score (nSPS) is 27.5. The molecule has 5 rings (SSSR count). The minimum atomic E-state index is -0.597. The molecule has 1 unspecified atom stereocenters. The summed E-state index contributed by atoms with van der Waals surface area (Å²) in [5, 5.41) is 8.44. The van der Waals surface area contributed by atoms with Gasteiger partial charge in [-0.2, -0.15) is 4.99 Å². The van der Waals surface area contributed by atoms with Crippen molar-refractivity contribution in [3.63, 3.8) is 0 Å². The van der Waals surface area contributed by atoms with Crippen LogP contribution in [0.3, 0.4) is 0 Å². The summed E-state index contributed by atoms with van der Waals surface area (Å²) < 4.78 is 0. The van der Waals surface area contributed by atoms with E-state index in [2.05, 4.69) is 58.7 Å². The summed E-state index contributed by atoms with van der Waals surface area (Å²) in [6, 6.07) is 8.89. The number of benzene rings is 1. The Morgan fingerprint density at radius 1 is 1.15 bits per heavy atom. The van der Waals surface area contributed by atoms with Gasteiger partial charge < -0.3 is 21.4 Å². The Bertz CT molecular complexity index is 920. The van der Waals surface area contributed by atoms with E-state index >= 15 is 0 Å². The largest absolute Gasteiger partial charge is 0.368 e. The predicted molar refractivity (Wildman–Crippen MR) is 109 cm³/mol. The number of aromatic amines is 1. The van der Waals surface area contributed by atoms with Crippen molar-refractivity contribution >= 4 is 22.8 Å². The second-order valence-corrected chi connectivity index (χ2v) is 8.46. The molecule has 3 aliphatic rings. The number of nitrogens with zero attached hydrogens (tertiary/aromatic N) is 2. The Hall–Kier alpha value is -2.50. The molecule has 1 aromatic heterocycles. The molecular weight excluding hydrogens is 336 g/mol. The number of guanidine groups is 2.